The van der Waals surface area contributed by atoms with Crippen LogP contribution in [0.4, 0.5) is 0 Å². The Balaban J connectivity index is 2.12. The van der Waals surface area contributed by atoms with Crippen molar-refractivity contribution in [1.29, 1.82) is 0 Å². The molecule has 7 nitrogen and oxygen atoms in total. The van der Waals surface area contributed by atoms with Gasteiger partial charge >= 0.3 is 0 Å². The number of nitrogens with zero attached hydrogens (tertiary/aromatic N) is 1. The summed E-state index contributed by atoms with van der Waals surface area (Å²) >= 11 is 0. The maximum absolute atomic E-state index is 11.6. The Kier molecular flexibility index (Phi) is 7.10. The topological polar surface area (TPSA) is 91.6 Å². The van der Waals surface area contributed by atoms with Gasteiger partial charge in [-0.05, 0) is 76.6 Å². The normalized spacial score (nSPS) is 25.0. The maximum Gasteiger partial charge on any atom is 0.167 e. The molecule has 0 fully saturated rings. The molecule has 2 unspecified atom stereocenters. The van der Waals surface area contributed by atoms with Crippen LogP contribution in [-0.2, 0) is 12.8 Å². The van der Waals surface area contributed by atoms with Crippen LogP contribution in [0.5, 0.6) is 28.7 Å². The van der Waals surface area contributed by atoms with Gasteiger partial charge in [0.15, 0.2) is 11.5 Å². The number of likely N-dealkylation sites (N-methyl/N-ethyl adjacent to an activating group) is 1. The number of ether oxygens (including phenoxy) is 3. The number of phenolic OH excluding ortho intramolecular Hbond substituents is 2. The Morgan fingerprint density at radius 2 is 1.39 bits per heavy atom. The Morgan fingerprint density at radius 1 is 0.778 bits per heavy atom. The SMILES string of the molecule is COc1c(C)c(OC)c2c(c1O)[C@@H]1Cc3c(O)c(C)c(C)c(OC)c3[C@H](CO)C1[C@@H](C)C(N(C)C)C2. The van der Waals surface area contributed by atoms with Gasteiger partial charge in [-0.3, -0.25) is 0 Å². The van der Waals surface area contributed by atoms with Crippen LogP contribution in [-0.4, -0.2) is 68.3 Å². The number of aliphatic hydroxyl groups is 1. The van der Waals surface area contributed by atoms with Crippen molar-refractivity contribution in [2.24, 2.45) is 11.8 Å². The van der Waals surface area contributed by atoms with E-state index in [0.29, 0.717) is 18.6 Å². The number of fused-ring (bicyclic) bond motifs is 4. The summed E-state index contributed by atoms with van der Waals surface area (Å²) in [5, 5.41) is 33.9. The van der Waals surface area contributed by atoms with Crippen molar-refractivity contribution in [2.75, 3.05) is 42.0 Å². The molecule has 2 aromatic rings. The van der Waals surface area contributed by atoms with Crippen molar-refractivity contribution >= 4 is 0 Å². The average Bonchev–Trinajstić information content (AvgIpc) is 2.97. The van der Waals surface area contributed by atoms with Crippen LogP contribution in [0, 0.1) is 32.6 Å². The lowest BCUT2D eigenvalue weighted by atomic mass is 9.61. The Morgan fingerprint density at radius 3 is 1.92 bits per heavy atom. The van der Waals surface area contributed by atoms with Crippen molar-refractivity contribution in [2.45, 2.75) is 58.4 Å². The van der Waals surface area contributed by atoms with Gasteiger partial charge in [-0.2, -0.15) is 0 Å². The number of methoxy groups -OCH3 is 3. The fourth-order valence-electron chi connectivity index (χ4n) is 7.30. The largest absolute Gasteiger partial charge is 0.507 e. The highest BCUT2D eigenvalue weighted by atomic mass is 16.5. The molecule has 5 atom stereocenters. The second-order valence-electron chi connectivity index (χ2n) is 10.7. The summed E-state index contributed by atoms with van der Waals surface area (Å²) in [5.41, 5.74) is 5.88. The van der Waals surface area contributed by atoms with Gasteiger partial charge in [0, 0.05) is 39.8 Å². The molecule has 198 valence electrons. The summed E-state index contributed by atoms with van der Waals surface area (Å²) in [7, 11) is 9.02. The molecule has 3 N–H and O–H groups in total. The number of aromatic hydroxyl groups is 2. The monoisotopic (exact) mass is 499 g/mol. The van der Waals surface area contributed by atoms with E-state index in [9.17, 15) is 15.3 Å². The predicted molar refractivity (Wildman–Crippen MR) is 140 cm³/mol. The molecule has 4 rings (SSSR count). The molecule has 0 radical (unpaired) electrons. The van der Waals surface area contributed by atoms with Crippen LogP contribution >= 0.6 is 0 Å². The molecule has 7 heteroatoms. The van der Waals surface area contributed by atoms with Crippen molar-refractivity contribution in [3.63, 3.8) is 0 Å². The van der Waals surface area contributed by atoms with Gasteiger partial charge in [0.2, 0.25) is 0 Å². The van der Waals surface area contributed by atoms with Gasteiger partial charge in [0.1, 0.15) is 17.2 Å². The van der Waals surface area contributed by atoms with Gasteiger partial charge in [0.05, 0.1) is 27.9 Å². The van der Waals surface area contributed by atoms with Crippen LogP contribution in [0.25, 0.3) is 0 Å². The summed E-state index contributed by atoms with van der Waals surface area (Å²) in [5.74, 6) is 1.95. The van der Waals surface area contributed by atoms with Crippen LogP contribution in [0.3, 0.4) is 0 Å². The molecule has 2 aliphatic rings. The lowest BCUT2D eigenvalue weighted by molar-refractivity contribution is 0.103. The first-order chi connectivity index (χ1) is 17.0. The minimum absolute atomic E-state index is 0.0189. The molecule has 0 spiro atoms. The second-order valence-corrected chi connectivity index (χ2v) is 10.7. The molecule has 2 aromatic carbocycles. The van der Waals surface area contributed by atoms with Gasteiger partial charge < -0.3 is 34.4 Å². The Bertz CT molecular complexity index is 1170. The third-order valence-electron chi connectivity index (χ3n) is 9.06. The molecule has 0 aliphatic heterocycles. The number of hydrogen-bond donors (Lipinski definition) is 3. The first-order valence-corrected chi connectivity index (χ1v) is 12.7. The number of benzene rings is 2. The smallest absolute Gasteiger partial charge is 0.167 e. The van der Waals surface area contributed by atoms with Crippen LogP contribution < -0.4 is 14.2 Å². The van der Waals surface area contributed by atoms with Crippen molar-refractivity contribution in [3.8, 4) is 28.7 Å². The average molecular weight is 500 g/mol. The molecule has 36 heavy (non-hydrogen) atoms. The van der Waals surface area contributed by atoms with E-state index < -0.39 is 0 Å². The number of hydrogen-bond acceptors (Lipinski definition) is 7. The van der Waals surface area contributed by atoms with Gasteiger partial charge in [-0.15, -0.1) is 0 Å². The lowest BCUT2D eigenvalue weighted by Crippen LogP contribution is -2.43. The summed E-state index contributed by atoms with van der Waals surface area (Å²) in [4.78, 5) is 2.23. The highest BCUT2D eigenvalue weighted by Gasteiger charge is 2.49. The van der Waals surface area contributed by atoms with Crippen molar-refractivity contribution in [1.82, 2.24) is 4.90 Å². The van der Waals surface area contributed by atoms with Crippen LogP contribution in [0.2, 0.25) is 0 Å². The zero-order valence-corrected chi connectivity index (χ0v) is 23.0. The number of rotatable bonds is 5. The molecule has 0 saturated carbocycles. The van der Waals surface area contributed by atoms with Crippen molar-refractivity contribution < 1.29 is 29.5 Å². The number of phenols is 2. The zero-order chi connectivity index (χ0) is 26.6. The second kappa shape index (κ2) is 9.67. The van der Waals surface area contributed by atoms with Gasteiger partial charge in [0.25, 0.3) is 0 Å². The minimum Gasteiger partial charge on any atom is -0.507 e. The van der Waals surface area contributed by atoms with E-state index in [0.717, 1.165) is 50.4 Å². The van der Waals surface area contributed by atoms with E-state index >= 15 is 0 Å². The molecular weight excluding hydrogens is 458 g/mol. The van der Waals surface area contributed by atoms with Crippen LogP contribution in [0.15, 0.2) is 0 Å². The fourth-order valence-corrected chi connectivity index (χ4v) is 7.30. The third-order valence-corrected chi connectivity index (χ3v) is 9.06. The van der Waals surface area contributed by atoms with E-state index in [1.54, 1.807) is 21.3 Å². The van der Waals surface area contributed by atoms with Crippen LogP contribution in [0.1, 0.15) is 57.7 Å². The summed E-state index contributed by atoms with van der Waals surface area (Å²) in [6.45, 7) is 7.90. The molecule has 0 aromatic heterocycles. The maximum atomic E-state index is 11.6. The lowest BCUT2D eigenvalue weighted by Gasteiger charge is -2.45. The first kappa shape index (κ1) is 26.4. The van der Waals surface area contributed by atoms with E-state index in [-0.39, 0.29) is 47.8 Å². The van der Waals surface area contributed by atoms with E-state index in [2.05, 4.69) is 25.9 Å². The van der Waals surface area contributed by atoms with Gasteiger partial charge in [-0.1, -0.05) is 6.92 Å². The quantitative estimate of drug-likeness (QED) is 0.568. The van der Waals surface area contributed by atoms with Gasteiger partial charge in [-0.25, -0.2) is 0 Å². The first-order valence-electron chi connectivity index (χ1n) is 12.7. The highest BCUT2D eigenvalue weighted by molar-refractivity contribution is 5.66. The summed E-state index contributed by atoms with van der Waals surface area (Å²) in [6.07, 6.45) is 1.20. The predicted octanol–water partition coefficient (Wildman–Crippen LogP) is 4.20. The third kappa shape index (κ3) is 3.62. The Labute approximate surface area is 214 Å². The molecule has 2 aliphatic carbocycles. The molecular formula is C29H41NO6. The van der Waals surface area contributed by atoms with E-state index in [1.807, 2.05) is 20.8 Å². The Hall–Kier alpha value is -2.64. The minimum atomic E-state index is -0.278. The van der Waals surface area contributed by atoms with E-state index in [1.165, 1.54) is 0 Å². The summed E-state index contributed by atoms with van der Waals surface area (Å²) < 4.78 is 17.5. The fraction of sp³-hybridized carbons (Fsp3) is 0.586. The standard InChI is InChI=1S/C29H41NO6/c1-13-14(2)28(35-8)24-18(25(13)32)10-17-22(20(24)12-31)15(3)21(30(5)6)11-19-23(17)26(33)29(36-9)16(4)27(19)34-7/h15,17,20-22,31-33H,10-12H2,1-9H3/t15-,17+,20+,21?,22?/m0/s1. The summed E-state index contributed by atoms with van der Waals surface area (Å²) in [6, 6.07) is 0.140. The zero-order valence-electron chi connectivity index (χ0n) is 23.0. The van der Waals surface area contributed by atoms with E-state index in [4.69, 9.17) is 14.2 Å². The molecule has 0 bridgehead atoms. The highest BCUT2D eigenvalue weighted by Crippen LogP contribution is 2.60. The molecule has 0 saturated heterocycles. The van der Waals surface area contributed by atoms with Crippen molar-refractivity contribution in [3.05, 3.63) is 38.9 Å². The molecule has 0 amide bonds. The molecule has 0 heterocycles. The number of aliphatic hydroxyl groups excluding tert-OH is 1.